The molecule has 3 heterocycles. The number of aryl methyl sites for hydroxylation is 2. The molecule has 1 aromatic carbocycles. The molecule has 2 aromatic rings. The van der Waals surface area contributed by atoms with Crippen LogP contribution in [0, 0.1) is 13.8 Å². The summed E-state index contributed by atoms with van der Waals surface area (Å²) >= 11 is 0. The van der Waals surface area contributed by atoms with E-state index < -0.39 is 0 Å². The Hall–Kier alpha value is -3.65. The van der Waals surface area contributed by atoms with Gasteiger partial charge < -0.3 is 20.3 Å². The third kappa shape index (κ3) is 4.75. The summed E-state index contributed by atoms with van der Waals surface area (Å²) in [6, 6.07) is 7.97. The number of nitrogens with zero attached hydrogens (tertiary/aromatic N) is 3. The van der Waals surface area contributed by atoms with Gasteiger partial charge >= 0.3 is 0 Å². The molecule has 1 fully saturated rings. The number of amidine groups is 1. The van der Waals surface area contributed by atoms with Crippen molar-refractivity contribution < 1.29 is 14.1 Å². The first kappa shape index (κ1) is 22.5. The second-order valence-electron chi connectivity index (χ2n) is 8.32. The number of ether oxygens (including phenoxy) is 1. The Morgan fingerprint density at radius 1 is 1.30 bits per heavy atom. The number of likely N-dealkylation sites (N-methyl/N-ethyl adjacent to an activating group) is 1. The molecular formula is C25H29N5O3. The van der Waals surface area contributed by atoms with E-state index >= 15 is 0 Å². The Balaban J connectivity index is 1.66. The number of carbonyl (C=O) groups is 1. The first-order chi connectivity index (χ1) is 15.9. The molecule has 0 radical (unpaired) electrons. The lowest BCUT2D eigenvalue weighted by Gasteiger charge is -2.28. The minimum absolute atomic E-state index is 0.174. The SMILES string of the molecule is C=C(/N=C1\C(=C/N)C=C(c2cc(-c3cc(C)no3)ccc2C)C(=O)N1C)NC1CCOCC1. The average molecular weight is 448 g/mol. The normalized spacial score (nSPS) is 19.8. The second-order valence-corrected chi connectivity index (χ2v) is 8.32. The fraction of sp³-hybridized carbons (Fsp3) is 0.320. The van der Waals surface area contributed by atoms with E-state index in [0.29, 0.717) is 41.8 Å². The van der Waals surface area contributed by atoms with E-state index in [0.717, 1.165) is 35.2 Å². The van der Waals surface area contributed by atoms with E-state index in [9.17, 15) is 4.79 Å². The highest BCUT2D eigenvalue weighted by Crippen LogP contribution is 2.31. The van der Waals surface area contributed by atoms with E-state index in [1.165, 1.54) is 11.1 Å². The maximum atomic E-state index is 13.4. The van der Waals surface area contributed by atoms with Gasteiger partial charge in [-0.3, -0.25) is 9.69 Å². The van der Waals surface area contributed by atoms with Crippen LogP contribution < -0.4 is 11.1 Å². The Morgan fingerprint density at radius 3 is 2.73 bits per heavy atom. The molecule has 1 aromatic heterocycles. The number of amides is 1. The van der Waals surface area contributed by atoms with Gasteiger partial charge in [-0.1, -0.05) is 23.9 Å². The van der Waals surface area contributed by atoms with E-state index in [1.54, 1.807) is 13.1 Å². The molecule has 0 atom stereocenters. The number of rotatable bonds is 5. The smallest absolute Gasteiger partial charge is 0.259 e. The molecular weight excluding hydrogens is 418 g/mol. The number of hydrogen-bond donors (Lipinski definition) is 2. The zero-order chi connectivity index (χ0) is 23.5. The van der Waals surface area contributed by atoms with Crippen LogP contribution in [0.1, 0.15) is 29.7 Å². The fourth-order valence-electron chi connectivity index (χ4n) is 4.01. The zero-order valence-electron chi connectivity index (χ0n) is 19.2. The summed E-state index contributed by atoms with van der Waals surface area (Å²) in [7, 11) is 1.69. The molecule has 1 saturated heterocycles. The number of benzene rings is 1. The van der Waals surface area contributed by atoms with Crippen LogP contribution in [0.4, 0.5) is 0 Å². The molecule has 2 aliphatic rings. The first-order valence-corrected chi connectivity index (χ1v) is 11.0. The molecule has 0 spiro atoms. The molecule has 172 valence electrons. The van der Waals surface area contributed by atoms with Crippen molar-refractivity contribution in [1.82, 2.24) is 15.4 Å². The molecule has 0 bridgehead atoms. The van der Waals surface area contributed by atoms with Crippen LogP contribution in [-0.2, 0) is 9.53 Å². The molecule has 4 rings (SSSR count). The third-order valence-electron chi connectivity index (χ3n) is 5.86. The summed E-state index contributed by atoms with van der Waals surface area (Å²) < 4.78 is 10.8. The van der Waals surface area contributed by atoms with Gasteiger partial charge in [-0.25, -0.2) is 4.99 Å². The number of carbonyl (C=O) groups excluding carboxylic acids is 1. The molecule has 8 heteroatoms. The quantitative estimate of drug-likeness (QED) is 0.729. The standard InChI is InChI=1S/C25H29N5O3/c1-15-5-6-18(23-11-16(2)29-33-23)12-21(15)22-13-19(14-26)24(30(4)25(22)31)28-17(3)27-20-7-9-32-10-8-20/h5-6,11-14,20,27H,3,7-10,26H2,1-2,4H3/b19-14-,28-24+. The average Bonchev–Trinajstić information content (AvgIpc) is 3.25. The molecule has 3 N–H and O–H groups in total. The monoisotopic (exact) mass is 447 g/mol. The van der Waals surface area contributed by atoms with Crippen LogP contribution in [0.5, 0.6) is 0 Å². The summed E-state index contributed by atoms with van der Waals surface area (Å²) in [6.07, 6.45) is 5.02. The van der Waals surface area contributed by atoms with E-state index in [4.69, 9.17) is 15.0 Å². The highest BCUT2D eigenvalue weighted by atomic mass is 16.5. The van der Waals surface area contributed by atoms with Gasteiger partial charge in [0, 0.05) is 55.3 Å². The molecule has 8 nitrogen and oxygen atoms in total. The Labute approximate surface area is 193 Å². The van der Waals surface area contributed by atoms with E-state index in [2.05, 4.69) is 22.0 Å². The van der Waals surface area contributed by atoms with E-state index in [1.807, 2.05) is 38.1 Å². The number of nitrogens with one attached hydrogen (secondary N) is 1. The summed E-state index contributed by atoms with van der Waals surface area (Å²) in [5, 5.41) is 7.28. The number of aromatic nitrogens is 1. The molecule has 0 unspecified atom stereocenters. The molecule has 33 heavy (non-hydrogen) atoms. The number of aliphatic imine (C=N–C) groups is 1. The van der Waals surface area contributed by atoms with Crippen molar-refractivity contribution >= 4 is 17.3 Å². The predicted molar refractivity (Wildman–Crippen MR) is 128 cm³/mol. The van der Waals surface area contributed by atoms with Gasteiger partial charge in [0.05, 0.1) is 5.69 Å². The van der Waals surface area contributed by atoms with Crippen molar-refractivity contribution in [2.75, 3.05) is 20.3 Å². The Morgan fingerprint density at radius 2 is 2.06 bits per heavy atom. The van der Waals surface area contributed by atoms with Crippen LogP contribution in [0.3, 0.4) is 0 Å². The van der Waals surface area contributed by atoms with Crippen LogP contribution in [0.2, 0.25) is 0 Å². The maximum Gasteiger partial charge on any atom is 0.259 e. The number of hydrogen-bond acceptors (Lipinski definition) is 7. The largest absolute Gasteiger partial charge is 0.404 e. The van der Waals surface area contributed by atoms with Gasteiger partial charge in [-0.15, -0.1) is 0 Å². The highest BCUT2D eigenvalue weighted by Gasteiger charge is 2.29. The topological polar surface area (TPSA) is 106 Å². The maximum absolute atomic E-state index is 13.4. The molecule has 0 aliphatic carbocycles. The van der Waals surface area contributed by atoms with Crippen molar-refractivity contribution in [3.05, 3.63) is 71.3 Å². The minimum atomic E-state index is -0.174. The summed E-state index contributed by atoms with van der Waals surface area (Å²) in [5.74, 6) is 1.42. The fourth-order valence-corrected chi connectivity index (χ4v) is 4.01. The van der Waals surface area contributed by atoms with Crippen molar-refractivity contribution in [2.45, 2.75) is 32.7 Å². The molecule has 0 saturated carbocycles. The van der Waals surface area contributed by atoms with Gasteiger partial charge in [0.25, 0.3) is 5.91 Å². The van der Waals surface area contributed by atoms with Gasteiger partial charge in [0.15, 0.2) is 5.76 Å². The summed E-state index contributed by atoms with van der Waals surface area (Å²) in [6.45, 7) is 9.29. The van der Waals surface area contributed by atoms with Crippen LogP contribution in [0.15, 0.2) is 64.0 Å². The minimum Gasteiger partial charge on any atom is -0.404 e. The third-order valence-corrected chi connectivity index (χ3v) is 5.86. The first-order valence-electron chi connectivity index (χ1n) is 11.0. The van der Waals surface area contributed by atoms with Crippen LogP contribution in [0.25, 0.3) is 16.9 Å². The Kier molecular flexibility index (Phi) is 6.46. The van der Waals surface area contributed by atoms with Gasteiger partial charge in [-0.2, -0.15) is 0 Å². The van der Waals surface area contributed by atoms with Gasteiger partial charge in [0.2, 0.25) is 0 Å². The Bertz CT molecular complexity index is 1170. The van der Waals surface area contributed by atoms with Crippen molar-refractivity contribution in [3.63, 3.8) is 0 Å². The highest BCUT2D eigenvalue weighted by molar-refractivity contribution is 6.31. The van der Waals surface area contributed by atoms with Crippen molar-refractivity contribution in [1.29, 1.82) is 0 Å². The summed E-state index contributed by atoms with van der Waals surface area (Å²) in [5.41, 5.74) is 10.5. The predicted octanol–water partition coefficient (Wildman–Crippen LogP) is 3.29. The van der Waals surface area contributed by atoms with Crippen molar-refractivity contribution in [2.24, 2.45) is 10.7 Å². The lowest BCUT2D eigenvalue weighted by atomic mass is 9.92. The molecule has 1 amide bonds. The number of nitrogens with two attached hydrogens (primary N) is 1. The zero-order valence-corrected chi connectivity index (χ0v) is 19.2. The van der Waals surface area contributed by atoms with Gasteiger partial charge in [-0.05, 0) is 50.0 Å². The van der Waals surface area contributed by atoms with Gasteiger partial charge in [0.1, 0.15) is 11.7 Å². The summed E-state index contributed by atoms with van der Waals surface area (Å²) in [4.78, 5) is 19.5. The lowest BCUT2D eigenvalue weighted by molar-refractivity contribution is -0.120. The van der Waals surface area contributed by atoms with Crippen molar-refractivity contribution in [3.8, 4) is 11.3 Å². The molecule has 2 aliphatic heterocycles. The lowest BCUT2D eigenvalue weighted by Crippen LogP contribution is -2.39. The van der Waals surface area contributed by atoms with Crippen LogP contribution >= 0.6 is 0 Å². The second kappa shape index (κ2) is 9.46. The van der Waals surface area contributed by atoms with Crippen LogP contribution in [-0.4, -0.2) is 48.1 Å². The van der Waals surface area contributed by atoms with E-state index in [-0.39, 0.29) is 11.9 Å².